The zero-order valence-corrected chi connectivity index (χ0v) is 10.5. The summed E-state index contributed by atoms with van der Waals surface area (Å²) in [5.74, 6) is -3.37. The van der Waals surface area contributed by atoms with E-state index >= 15 is 0 Å². The van der Waals surface area contributed by atoms with Gasteiger partial charge in [-0.2, -0.15) is 13.2 Å². The van der Waals surface area contributed by atoms with E-state index in [1.54, 1.807) is 0 Å². The molecule has 0 fully saturated rings. The van der Waals surface area contributed by atoms with Gasteiger partial charge in [-0.1, -0.05) is 0 Å². The number of nitrogens with zero attached hydrogens (tertiary/aromatic N) is 3. The Hall–Kier alpha value is -2.26. The smallest absolute Gasteiger partial charge is 0.435 e. The summed E-state index contributed by atoms with van der Waals surface area (Å²) < 4.78 is 47.2. The zero-order chi connectivity index (χ0) is 15.3. The average Bonchev–Trinajstić information content (AvgIpc) is 2.37. The number of ether oxygens (including phenoxy) is 2. The molecule has 0 unspecified atom stereocenters. The van der Waals surface area contributed by atoms with Gasteiger partial charge in [-0.15, -0.1) is 10.2 Å². The third-order valence-corrected chi connectivity index (χ3v) is 1.88. The van der Waals surface area contributed by atoms with Crippen molar-refractivity contribution in [3.8, 4) is 0 Å². The monoisotopic (exact) mass is 293 g/mol. The molecule has 0 spiro atoms. The predicted molar refractivity (Wildman–Crippen MR) is 56.7 cm³/mol. The highest BCUT2D eigenvalue weighted by Crippen LogP contribution is 2.29. The molecule has 7 nitrogen and oxygen atoms in total. The molecule has 20 heavy (non-hydrogen) atoms. The second-order valence-electron chi connectivity index (χ2n) is 3.27. The van der Waals surface area contributed by atoms with Crippen LogP contribution in [0, 0.1) is 0 Å². The number of carbonyl (C=O) groups is 2. The molecule has 110 valence electrons. The van der Waals surface area contributed by atoms with E-state index in [9.17, 15) is 22.8 Å². The maximum atomic E-state index is 12.8. The molecular formula is C10H10F3N3O4. The second kappa shape index (κ2) is 6.26. The van der Waals surface area contributed by atoms with Crippen LogP contribution < -0.4 is 0 Å². The van der Waals surface area contributed by atoms with Crippen molar-refractivity contribution in [1.82, 2.24) is 15.2 Å². The van der Waals surface area contributed by atoms with Crippen LogP contribution in [0.15, 0.2) is 0 Å². The lowest BCUT2D eigenvalue weighted by Crippen LogP contribution is -2.23. The van der Waals surface area contributed by atoms with E-state index in [1.807, 2.05) is 0 Å². The molecule has 1 heterocycles. The first-order valence-electron chi connectivity index (χ1n) is 5.47. The molecule has 0 aliphatic carbocycles. The average molecular weight is 293 g/mol. The van der Waals surface area contributed by atoms with Crippen LogP contribution in [0.4, 0.5) is 13.2 Å². The van der Waals surface area contributed by atoms with Crippen LogP contribution >= 0.6 is 0 Å². The number of carbonyl (C=O) groups excluding carboxylic acids is 2. The number of hydrogen-bond acceptors (Lipinski definition) is 7. The summed E-state index contributed by atoms with van der Waals surface area (Å²) in [4.78, 5) is 25.6. The minimum absolute atomic E-state index is 0.0663. The highest BCUT2D eigenvalue weighted by Gasteiger charge is 2.40. The fourth-order valence-electron chi connectivity index (χ4n) is 1.14. The van der Waals surface area contributed by atoms with Crippen molar-refractivity contribution in [3.05, 3.63) is 17.2 Å². The van der Waals surface area contributed by atoms with Crippen molar-refractivity contribution in [2.24, 2.45) is 0 Å². The number of alkyl halides is 3. The Labute approximate surface area is 111 Å². The Balaban J connectivity index is 3.27. The van der Waals surface area contributed by atoms with Gasteiger partial charge in [-0.05, 0) is 13.8 Å². The van der Waals surface area contributed by atoms with E-state index in [1.165, 1.54) is 13.8 Å². The van der Waals surface area contributed by atoms with Crippen LogP contribution in [0.1, 0.15) is 40.6 Å². The molecule has 0 aromatic carbocycles. The Morgan fingerprint density at radius 1 is 1.05 bits per heavy atom. The Kier molecular flexibility index (Phi) is 4.94. The summed E-state index contributed by atoms with van der Waals surface area (Å²) in [6, 6.07) is 0. The Morgan fingerprint density at radius 2 is 1.60 bits per heavy atom. The van der Waals surface area contributed by atoms with Crippen LogP contribution in [0.5, 0.6) is 0 Å². The summed E-state index contributed by atoms with van der Waals surface area (Å²) >= 11 is 0. The van der Waals surface area contributed by atoms with Gasteiger partial charge in [-0.3, -0.25) is 0 Å². The molecular weight excluding hydrogens is 283 g/mol. The molecule has 0 radical (unpaired) electrons. The molecule has 1 aromatic heterocycles. The van der Waals surface area contributed by atoms with Gasteiger partial charge in [0.25, 0.3) is 5.82 Å². The molecule has 0 aliphatic rings. The quantitative estimate of drug-likeness (QED) is 0.771. The molecule has 0 aliphatic heterocycles. The molecule has 0 atom stereocenters. The maximum absolute atomic E-state index is 12.8. The summed E-state index contributed by atoms with van der Waals surface area (Å²) in [7, 11) is 0. The molecule has 1 rings (SSSR count). The van der Waals surface area contributed by atoms with Crippen molar-refractivity contribution >= 4 is 11.9 Å². The number of aromatic nitrogens is 3. The lowest BCUT2D eigenvalue weighted by atomic mass is 10.3. The SMILES string of the molecule is CCOC(=O)c1nnc(C(=O)OCC)c(C(F)(F)F)n1. The van der Waals surface area contributed by atoms with E-state index < -0.39 is 35.3 Å². The van der Waals surface area contributed by atoms with Crippen molar-refractivity contribution in [1.29, 1.82) is 0 Å². The van der Waals surface area contributed by atoms with Crippen LogP contribution in [0.25, 0.3) is 0 Å². The van der Waals surface area contributed by atoms with Gasteiger partial charge in [0.1, 0.15) is 0 Å². The topological polar surface area (TPSA) is 91.3 Å². The van der Waals surface area contributed by atoms with Gasteiger partial charge in [0.2, 0.25) is 5.69 Å². The molecule has 0 amide bonds. The summed E-state index contributed by atoms with van der Waals surface area (Å²) in [5, 5.41) is 6.20. The van der Waals surface area contributed by atoms with Crippen LogP contribution in [-0.2, 0) is 15.7 Å². The zero-order valence-electron chi connectivity index (χ0n) is 10.5. The standard InChI is InChI=1S/C10H10F3N3O4/c1-3-19-8(17)5-6(10(11,12)13)14-7(16-15-5)9(18)20-4-2/h3-4H2,1-2H3. The normalized spacial score (nSPS) is 11.1. The first-order chi connectivity index (χ1) is 9.31. The van der Waals surface area contributed by atoms with Gasteiger partial charge < -0.3 is 9.47 Å². The van der Waals surface area contributed by atoms with E-state index in [2.05, 4.69) is 24.7 Å². The lowest BCUT2D eigenvalue weighted by Gasteiger charge is -2.10. The van der Waals surface area contributed by atoms with Crippen molar-refractivity contribution < 1.29 is 32.2 Å². The van der Waals surface area contributed by atoms with Gasteiger partial charge >= 0.3 is 18.1 Å². The minimum Gasteiger partial charge on any atom is -0.461 e. The van der Waals surface area contributed by atoms with Gasteiger partial charge in [-0.25, -0.2) is 14.6 Å². The second-order valence-corrected chi connectivity index (χ2v) is 3.27. The van der Waals surface area contributed by atoms with E-state index in [-0.39, 0.29) is 13.2 Å². The number of esters is 2. The molecule has 0 saturated carbocycles. The van der Waals surface area contributed by atoms with Crippen LogP contribution in [0.2, 0.25) is 0 Å². The first-order valence-corrected chi connectivity index (χ1v) is 5.47. The summed E-state index contributed by atoms with van der Waals surface area (Å²) in [5.41, 5.74) is -2.75. The highest BCUT2D eigenvalue weighted by molar-refractivity contribution is 5.89. The van der Waals surface area contributed by atoms with Crippen LogP contribution in [0.3, 0.4) is 0 Å². The van der Waals surface area contributed by atoms with E-state index in [4.69, 9.17) is 0 Å². The highest BCUT2D eigenvalue weighted by atomic mass is 19.4. The van der Waals surface area contributed by atoms with Crippen molar-refractivity contribution in [2.75, 3.05) is 13.2 Å². The first kappa shape index (κ1) is 15.8. The number of rotatable bonds is 4. The van der Waals surface area contributed by atoms with Crippen molar-refractivity contribution in [3.63, 3.8) is 0 Å². The number of hydrogen-bond donors (Lipinski definition) is 0. The van der Waals surface area contributed by atoms with Gasteiger partial charge in [0.15, 0.2) is 5.69 Å². The Morgan fingerprint density at radius 3 is 2.10 bits per heavy atom. The number of halogens is 3. The fourth-order valence-corrected chi connectivity index (χ4v) is 1.14. The van der Waals surface area contributed by atoms with E-state index in [0.717, 1.165) is 0 Å². The van der Waals surface area contributed by atoms with E-state index in [0.29, 0.717) is 0 Å². The summed E-state index contributed by atoms with van der Waals surface area (Å²) in [6.45, 7) is 2.67. The van der Waals surface area contributed by atoms with Gasteiger partial charge in [0, 0.05) is 0 Å². The fraction of sp³-hybridized carbons (Fsp3) is 0.500. The maximum Gasteiger partial charge on any atom is 0.435 e. The molecule has 0 N–H and O–H groups in total. The largest absolute Gasteiger partial charge is 0.461 e. The molecule has 0 bridgehead atoms. The predicted octanol–water partition coefficient (Wildman–Crippen LogP) is 1.24. The third-order valence-electron chi connectivity index (χ3n) is 1.88. The van der Waals surface area contributed by atoms with Crippen molar-refractivity contribution in [2.45, 2.75) is 20.0 Å². The van der Waals surface area contributed by atoms with Crippen LogP contribution in [-0.4, -0.2) is 40.3 Å². The van der Waals surface area contributed by atoms with Gasteiger partial charge in [0.05, 0.1) is 13.2 Å². The summed E-state index contributed by atoms with van der Waals surface area (Å²) in [6.07, 6.45) is -4.99. The minimum atomic E-state index is -4.99. The lowest BCUT2D eigenvalue weighted by molar-refractivity contribution is -0.142. The Bertz CT molecular complexity index is 519. The molecule has 0 saturated heterocycles. The third kappa shape index (κ3) is 3.62. The molecule has 10 heteroatoms. The molecule has 1 aromatic rings.